The van der Waals surface area contributed by atoms with Crippen molar-refractivity contribution in [2.45, 2.75) is 12.1 Å². The molecule has 3 atom stereocenters. The molecule has 0 aliphatic carbocycles. The zero-order chi connectivity index (χ0) is 24.0. The Morgan fingerprint density at radius 3 is 2.09 bits per heavy atom. The van der Waals surface area contributed by atoms with Crippen LogP contribution in [0.1, 0.15) is 22.0 Å². The third kappa shape index (κ3) is 3.48. The van der Waals surface area contributed by atoms with E-state index in [2.05, 4.69) is 0 Å². The van der Waals surface area contributed by atoms with E-state index in [-0.39, 0.29) is 11.5 Å². The van der Waals surface area contributed by atoms with Gasteiger partial charge in [0.15, 0.2) is 6.10 Å². The van der Waals surface area contributed by atoms with Gasteiger partial charge in [-0.1, -0.05) is 30.3 Å². The number of carbonyl (C=O) groups is 3. The lowest BCUT2D eigenvalue weighted by atomic mass is 9.90. The highest BCUT2D eigenvalue weighted by Gasteiger charge is 2.60. The number of hydroxylamine groups is 1. The maximum absolute atomic E-state index is 13.6. The minimum Gasteiger partial charge on any atom is -0.478 e. The largest absolute Gasteiger partial charge is 0.478 e. The quantitative estimate of drug-likeness (QED) is 0.587. The van der Waals surface area contributed by atoms with Gasteiger partial charge in [0.05, 0.1) is 23.0 Å². The molecular weight excluding hydrogens is 434 g/mol. The third-order valence-corrected chi connectivity index (χ3v) is 6.25. The summed E-state index contributed by atoms with van der Waals surface area (Å²) in [5.74, 6) is -2.67. The van der Waals surface area contributed by atoms with E-state index in [1.165, 1.54) is 24.3 Å². The Hall–Kier alpha value is -4.17. The third-order valence-electron chi connectivity index (χ3n) is 6.25. The van der Waals surface area contributed by atoms with E-state index in [1.54, 1.807) is 5.06 Å². The molecule has 2 saturated heterocycles. The Morgan fingerprint density at radius 2 is 1.50 bits per heavy atom. The first kappa shape index (κ1) is 21.7. The Bertz CT molecular complexity index is 1240. The van der Waals surface area contributed by atoms with Crippen molar-refractivity contribution in [3.63, 3.8) is 0 Å². The molecule has 0 bridgehead atoms. The lowest BCUT2D eigenvalue weighted by Crippen LogP contribution is -2.37. The van der Waals surface area contributed by atoms with Gasteiger partial charge in [-0.15, -0.1) is 0 Å². The van der Waals surface area contributed by atoms with E-state index in [0.717, 1.165) is 21.8 Å². The molecule has 2 aliphatic heterocycles. The van der Waals surface area contributed by atoms with Crippen molar-refractivity contribution in [3.8, 4) is 0 Å². The summed E-state index contributed by atoms with van der Waals surface area (Å²) in [4.78, 5) is 47.4. The number of imide groups is 1. The van der Waals surface area contributed by atoms with Gasteiger partial charge in [-0.2, -0.15) is 0 Å². The van der Waals surface area contributed by atoms with Crippen LogP contribution in [-0.2, 0) is 14.4 Å². The van der Waals surface area contributed by atoms with Crippen LogP contribution in [0.3, 0.4) is 0 Å². The standard InChI is InChI=1S/C26H23N3O5/c1-27(2)18-12-8-16(9-13-18)22-21-23(34-29(22)20-6-4-3-5-7-20)25(31)28(24(21)30)19-14-10-17(11-15-19)26(32)33/h3-15,21-23H,1-2H3,(H,32,33)/t21-,22-,23-/m1/s1. The van der Waals surface area contributed by atoms with Crippen LogP contribution < -0.4 is 14.9 Å². The fourth-order valence-corrected chi connectivity index (χ4v) is 4.53. The van der Waals surface area contributed by atoms with Crippen LogP contribution in [0.25, 0.3) is 0 Å². The lowest BCUT2D eigenvalue weighted by molar-refractivity contribution is -0.126. The van der Waals surface area contributed by atoms with Gasteiger partial charge < -0.3 is 10.0 Å². The number of fused-ring (bicyclic) bond motifs is 1. The lowest BCUT2D eigenvalue weighted by Gasteiger charge is -2.29. The molecule has 2 heterocycles. The molecule has 1 N–H and O–H groups in total. The van der Waals surface area contributed by atoms with Crippen molar-refractivity contribution in [2.75, 3.05) is 29.0 Å². The van der Waals surface area contributed by atoms with Crippen LogP contribution in [0.15, 0.2) is 78.9 Å². The Morgan fingerprint density at radius 1 is 0.853 bits per heavy atom. The number of carboxylic acid groups (broad SMARTS) is 1. The van der Waals surface area contributed by atoms with Crippen molar-refractivity contribution >= 4 is 34.8 Å². The summed E-state index contributed by atoms with van der Waals surface area (Å²) in [6.45, 7) is 0. The zero-order valence-electron chi connectivity index (χ0n) is 18.7. The molecule has 2 aliphatic rings. The molecule has 0 saturated carbocycles. The highest BCUT2D eigenvalue weighted by atomic mass is 16.7. The average molecular weight is 457 g/mol. The first-order chi connectivity index (χ1) is 16.4. The van der Waals surface area contributed by atoms with E-state index in [4.69, 9.17) is 9.94 Å². The van der Waals surface area contributed by atoms with Gasteiger partial charge in [-0.25, -0.2) is 14.8 Å². The minimum atomic E-state index is -1.08. The van der Waals surface area contributed by atoms with Crippen molar-refractivity contribution < 1.29 is 24.3 Å². The average Bonchev–Trinajstić information content (AvgIpc) is 3.35. The van der Waals surface area contributed by atoms with Crippen LogP contribution in [0.2, 0.25) is 0 Å². The predicted molar refractivity (Wildman–Crippen MR) is 127 cm³/mol. The molecule has 0 radical (unpaired) electrons. The van der Waals surface area contributed by atoms with E-state index >= 15 is 0 Å². The molecule has 172 valence electrons. The number of rotatable bonds is 5. The van der Waals surface area contributed by atoms with E-state index in [0.29, 0.717) is 5.69 Å². The van der Waals surface area contributed by atoms with Gasteiger partial charge in [-0.3, -0.25) is 14.4 Å². The first-order valence-corrected chi connectivity index (χ1v) is 10.9. The summed E-state index contributed by atoms with van der Waals surface area (Å²) in [7, 11) is 3.90. The monoisotopic (exact) mass is 457 g/mol. The van der Waals surface area contributed by atoms with E-state index < -0.39 is 29.9 Å². The topological polar surface area (TPSA) is 90.4 Å². The predicted octanol–water partition coefficient (Wildman–Crippen LogP) is 3.50. The van der Waals surface area contributed by atoms with Crippen LogP contribution in [0.4, 0.5) is 17.1 Å². The molecule has 3 aromatic carbocycles. The summed E-state index contributed by atoms with van der Waals surface area (Å²) < 4.78 is 0. The summed E-state index contributed by atoms with van der Waals surface area (Å²) in [5, 5.41) is 10.8. The van der Waals surface area contributed by atoms with Gasteiger partial charge >= 0.3 is 5.97 Å². The number of amides is 2. The van der Waals surface area contributed by atoms with Crippen LogP contribution in [0, 0.1) is 5.92 Å². The zero-order valence-corrected chi connectivity index (χ0v) is 18.7. The Kier molecular flexibility index (Phi) is 5.30. The Balaban J connectivity index is 1.54. The SMILES string of the molecule is CN(C)c1ccc([C@@H]2[C@H]3C(=O)N(c4ccc(C(=O)O)cc4)C(=O)[C@@H]3ON2c2ccccc2)cc1. The number of hydrogen-bond donors (Lipinski definition) is 1. The number of nitrogens with zero attached hydrogens (tertiary/aromatic N) is 3. The fraction of sp³-hybridized carbons (Fsp3) is 0.192. The number of anilines is 3. The number of para-hydroxylation sites is 1. The molecule has 0 spiro atoms. The smallest absolute Gasteiger partial charge is 0.335 e. The van der Waals surface area contributed by atoms with Gasteiger partial charge in [0, 0.05) is 19.8 Å². The molecule has 0 aromatic heterocycles. The maximum Gasteiger partial charge on any atom is 0.335 e. The molecule has 3 aromatic rings. The molecular formula is C26H23N3O5. The minimum absolute atomic E-state index is 0.0772. The number of carboxylic acids is 1. The second-order valence-electron chi connectivity index (χ2n) is 8.51. The second kappa shape index (κ2) is 8.31. The number of carbonyl (C=O) groups excluding carboxylic acids is 2. The van der Waals surface area contributed by atoms with Crippen molar-refractivity contribution in [1.82, 2.24) is 0 Å². The van der Waals surface area contributed by atoms with Gasteiger partial charge in [-0.05, 0) is 54.1 Å². The fourth-order valence-electron chi connectivity index (χ4n) is 4.53. The van der Waals surface area contributed by atoms with Crippen molar-refractivity contribution in [3.05, 3.63) is 90.0 Å². The summed E-state index contributed by atoms with van der Waals surface area (Å²) in [6, 6.07) is 22.4. The molecule has 2 fully saturated rings. The Labute approximate surface area is 196 Å². The van der Waals surface area contributed by atoms with Crippen LogP contribution in [0.5, 0.6) is 0 Å². The number of benzene rings is 3. The number of hydrogen-bond acceptors (Lipinski definition) is 6. The van der Waals surface area contributed by atoms with Gasteiger partial charge in [0.2, 0.25) is 5.91 Å². The molecule has 5 rings (SSSR count). The van der Waals surface area contributed by atoms with Gasteiger partial charge in [0.25, 0.3) is 5.91 Å². The normalized spacial score (nSPS) is 21.6. The number of aromatic carboxylic acids is 1. The first-order valence-electron chi connectivity index (χ1n) is 10.9. The highest BCUT2D eigenvalue weighted by molar-refractivity contribution is 6.24. The van der Waals surface area contributed by atoms with Crippen LogP contribution >= 0.6 is 0 Å². The van der Waals surface area contributed by atoms with Crippen molar-refractivity contribution in [1.29, 1.82) is 0 Å². The summed E-state index contributed by atoms with van der Waals surface area (Å²) in [5.41, 5.74) is 3.02. The second-order valence-corrected chi connectivity index (χ2v) is 8.51. The maximum atomic E-state index is 13.6. The van der Waals surface area contributed by atoms with Gasteiger partial charge in [0.1, 0.15) is 5.92 Å². The summed E-state index contributed by atoms with van der Waals surface area (Å²) >= 11 is 0. The molecule has 0 unspecified atom stereocenters. The van der Waals surface area contributed by atoms with Crippen LogP contribution in [-0.4, -0.2) is 43.1 Å². The molecule has 8 nitrogen and oxygen atoms in total. The summed E-state index contributed by atoms with van der Waals surface area (Å²) in [6.07, 6.45) is -0.981. The molecule has 2 amide bonds. The molecule has 34 heavy (non-hydrogen) atoms. The molecule has 8 heteroatoms. The highest BCUT2D eigenvalue weighted by Crippen LogP contribution is 2.47. The van der Waals surface area contributed by atoms with E-state index in [1.807, 2.05) is 73.6 Å². The van der Waals surface area contributed by atoms with Crippen molar-refractivity contribution in [2.24, 2.45) is 5.92 Å². The van der Waals surface area contributed by atoms with E-state index in [9.17, 15) is 14.4 Å².